The standard InChI is InChI=1S/C13H22N4S/c1-13(2)6-4-5-9(8-13)15-11-7-10(14)16-12(17-11)18-3/h7,9H,4-6,8H2,1-3H3,(H3,14,15,16,17). The second-order valence-corrected chi connectivity index (χ2v) is 6.54. The first-order valence-electron chi connectivity index (χ1n) is 6.44. The lowest BCUT2D eigenvalue weighted by atomic mass is 9.75. The largest absolute Gasteiger partial charge is 0.383 e. The van der Waals surface area contributed by atoms with Gasteiger partial charge >= 0.3 is 0 Å². The first kappa shape index (κ1) is 13.5. The van der Waals surface area contributed by atoms with Crippen LogP contribution in [0.2, 0.25) is 0 Å². The van der Waals surface area contributed by atoms with Crippen molar-refractivity contribution < 1.29 is 0 Å². The fraction of sp³-hybridized carbons (Fsp3) is 0.692. The second-order valence-electron chi connectivity index (χ2n) is 5.77. The molecule has 0 bridgehead atoms. The smallest absolute Gasteiger partial charge is 0.191 e. The van der Waals surface area contributed by atoms with E-state index in [1.54, 1.807) is 0 Å². The molecule has 1 saturated carbocycles. The molecule has 0 amide bonds. The van der Waals surface area contributed by atoms with Crippen LogP contribution in [0.15, 0.2) is 11.2 Å². The van der Waals surface area contributed by atoms with Crippen molar-refractivity contribution in [2.45, 2.75) is 50.7 Å². The first-order chi connectivity index (χ1) is 8.48. The van der Waals surface area contributed by atoms with Crippen molar-refractivity contribution in [3.05, 3.63) is 6.07 Å². The van der Waals surface area contributed by atoms with Gasteiger partial charge in [0.1, 0.15) is 11.6 Å². The van der Waals surface area contributed by atoms with Crippen LogP contribution in [-0.2, 0) is 0 Å². The van der Waals surface area contributed by atoms with Gasteiger partial charge in [-0.25, -0.2) is 9.97 Å². The molecule has 5 heteroatoms. The fourth-order valence-corrected chi connectivity index (χ4v) is 3.03. The van der Waals surface area contributed by atoms with Crippen molar-refractivity contribution in [3.63, 3.8) is 0 Å². The van der Waals surface area contributed by atoms with Crippen LogP contribution in [0, 0.1) is 5.41 Å². The van der Waals surface area contributed by atoms with Crippen LogP contribution in [0.1, 0.15) is 39.5 Å². The number of nitrogens with one attached hydrogen (secondary N) is 1. The number of hydrogen-bond acceptors (Lipinski definition) is 5. The molecule has 18 heavy (non-hydrogen) atoms. The van der Waals surface area contributed by atoms with Crippen LogP contribution in [0.25, 0.3) is 0 Å². The number of anilines is 2. The number of hydrogen-bond donors (Lipinski definition) is 2. The number of nitrogens with two attached hydrogens (primary N) is 1. The lowest BCUT2D eigenvalue weighted by Crippen LogP contribution is -2.32. The van der Waals surface area contributed by atoms with Crippen molar-refractivity contribution in [3.8, 4) is 0 Å². The summed E-state index contributed by atoms with van der Waals surface area (Å²) in [7, 11) is 0. The van der Waals surface area contributed by atoms with Crippen LogP contribution in [-0.4, -0.2) is 22.3 Å². The van der Waals surface area contributed by atoms with E-state index in [2.05, 4.69) is 29.1 Å². The molecule has 1 heterocycles. The van der Waals surface area contributed by atoms with Crippen LogP contribution in [0.5, 0.6) is 0 Å². The van der Waals surface area contributed by atoms with E-state index >= 15 is 0 Å². The highest BCUT2D eigenvalue weighted by atomic mass is 32.2. The van der Waals surface area contributed by atoms with Gasteiger partial charge in [-0.15, -0.1) is 0 Å². The maximum Gasteiger partial charge on any atom is 0.191 e. The molecule has 1 aromatic rings. The summed E-state index contributed by atoms with van der Waals surface area (Å²) in [5.74, 6) is 1.39. The highest BCUT2D eigenvalue weighted by molar-refractivity contribution is 7.98. The molecule has 0 saturated heterocycles. The lowest BCUT2D eigenvalue weighted by molar-refractivity contribution is 0.229. The Labute approximate surface area is 113 Å². The monoisotopic (exact) mass is 266 g/mol. The predicted molar refractivity (Wildman–Crippen MR) is 77.9 cm³/mol. The minimum atomic E-state index is 0.427. The van der Waals surface area contributed by atoms with Gasteiger partial charge < -0.3 is 11.1 Å². The average molecular weight is 266 g/mol. The van der Waals surface area contributed by atoms with E-state index in [9.17, 15) is 0 Å². The van der Waals surface area contributed by atoms with Crippen molar-refractivity contribution in [2.75, 3.05) is 17.3 Å². The average Bonchev–Trinajstić information content (AvgIpc) is 2.26. The Bertz CT molecular complexity index is 419. The third kappa shape index (κ3) is 3.51. The molecule has 3 N–H and O–H groups in total. The summed E-state index contributed by atoms with van der Waals surface area (Å²) in [6.45, 7) is 4.67. The quantitative estimate of drug-likeness (QED) is 0.650. The molecule has 4 nitrogen and oxygen atoms in total. The summed E-state index contributed by atoms with van der Waals surface area (Å²) in [5.41, 5.74) is 6.22. The van der Waals surface area contributed by atoms with Gasteiger partial charge in [-0.1, -0.05) is 32.0 Å². The van der Waals surface area contributed by atoms with E-state index in [0.717, 1.165) is 11.0 Å². The maximum absolute atomic E-state index is 5.79. The molecule has 0 radical (unpaired) electrons. The molecule has 0 aliphatic heterocycles. The highest BCUT2D eigenvalue weighted by Crippen LogP contribution is 2.36. The summed E-state index contributed by atoms with van der Waals surface area (Å²) in [6, 6.07) is 2.32. The third-order valence-electron chi connectivity index (χ3n) is 3.47. The molecular weight excluding hydrogens is 244 g/mol. The van der Waals surface area contributed by atoms with Gasteiger partial charge in [0.2, 0.25) is 0 Å². The van der Waals surface area contributed by atoms with E-state index in [1.807, 2.05) is 12.3 Å². The molecule has 1 atom stereocenters. The third-order valence-corrected chi connectivity index (χ3v) is 4.01. The van der Waals surface area contributed by atoms with Crippen LogP contribution < -0.4 is 11.1 Å². The summed E-state index contributed by atoms with van der Waals surface area (Å²) in [5, 5.41) is 4.24. The van der Waals surface area contributed by atoms with Crippen molar-refractivity contribution in [1.82, 2.24) is 9.97 Å². The van der Waals surface area contributed by atoms with Crippen molar-refractivity contribution in [2.24, 2.45) is 5.41 Å². The molecule has 0 spiro atoms. The fourth-order valence-electron chi connectivity index (χ4n) is 2.64. The van der Waals surface area contributed by atoms with Gasteiger partial charge in [-0.05, 0) is 30.9 Å². The van der Waals surface area contributed by atoms with Crippen LogP contribution in [0.4, 0.5) is 11.6 Å². The Morgan fingerprint density at radius 3 is 2.89 bits per heavy atom. The number of nitrogens with zero attached hydrogens (tertiary/aromatic N) is 2. The minimum absolute atomic E-state index is 0.427. The van der Waals surface area contributed by atoms with E-state index < -0.39 is 0 Å². The number of thioether (sulfide) groups is 1. The maximum atomic E-state index is 5.79. The zero-order chi connectivity index (χ0) is 13.2. The van der Waals surface area contributed by atoms with Gasteiger partial charge in [-0.2, -0.15) is 0 Å². The Morgan fingerprint density at radius 1 is 1.44 bits per heavy atom. The highest BCUT2D eigenvalue weighted by Gasteiger charge is 2.28. The molecule has 1 aromatic heterocycles. The van der Waals surface area contributed by atoms with Gasteiger partial charge in [0.05, 0.1) is 0 Å². The number of rotatable bonds is 3. The van der Waals surface area contributed by atoms with Crippen molar-refractivity contribution >= 4 is 23.4 Å². The summed E-state index contributed by atoms with van der Waals surface area (Å²) < 4.78 is 0. The summed E-state index contributed by atoms with van der Waals surface area (Å²) in [4.78, 5) is 8.62. The van der Waals surface area contributed by atoms with Crippen molar-refractivity contribution in [1.29, 1.82) is 0 Å². The summed E-state index contributed by atoms with van der Waals surface area (Å²) >= 11 is 1.52. The Morgan fingerprint density at radius 2 is 2.22 bits per heavy atom. The van der Waals surface area contributed by atoms with Gasteiger partial charge in [0.15, 0.2) is 5.16 Å². The van der Waals surface area contributed by atoms with Gasteiger partial charge in [0, 0.05) is 12.1 Å². The molecule has 100 valence electrons. The zero-order valence-electron chi connectivity index (χ0n) is 11.4. The minimum Gasteiger partial charge on any atom is -0.383 e. The molecule has 0 aromatic carbocycles. The molecule has 1 fully saturated rings. The van der Waals surface area contributed by atoms with Gasteiger partial charge in [-0.3, -0.25) is 0 Å². The first-order valence-corrected chi connectivity index (χ1v) is 7.66. The molecule has 1 unspecified atom stereocenters. The number of aromatic nitrogens is 2. The predicted octanol–water partition coefficient (Wildman–Crippen LogP) is 3.16. The summed E-state index contributed by atoms with van der Waals surface area (Å²) in [6.07, 6.45) is 6.95. The Balaban J connectivity index is 2.07. The van der Waals surface area contributed by atoms with Crippen LogP contribution in [0.3, 0.4) is 0 Å². The topological polar surface area (TPSA) is 63.8 Å². The van der Waals surface area contributed by atoms with E-state index in [4.69, 9.17) is 5.73 Å². The Hall–Kier alpha value is -0.970. The molecule has 1 aliphatic rings. The van der Waals surface area contributed by atoms with E-state index in [-0.39, 0.29) is 0 Å². The number of nitrogen functional groups attached to an aromatic ring is 1. The van der Waals surface area contributed by atoms with Crippen LogP contribution >= 0.6 is 11.8 Å². The Kier molecular flexibility index (Phi) is 4.00. The molecule has 1 aliphatic carbocycles. The zero-order valence-corrected chi connectivity index (χ0v) is 12.2. The molecule has 2 rings (SSSR count). The van der Waals surface area contributed by atoms with Gasteiger partial charge in [0.25, 0.3) is 0 Å². The lowest BCUT2D eigenvalue weighted by Gasteiger charge is -2.35. The normalized spacial score (nSPS) is 22.7. The van der Waals surface area contributed by atoms with E-state index in [1.165, 1.54) is 37.4 Å². The SMILES string of the molecule is CSc1nc(N)cc(NC2CCCC(C)(C)C2)n1. The molecular formula is C13H22N4S. The van der Waals surface area contributed by atoms with E-state index in [0.29, 0.717) is 17.3 Å². The second kappa shape index (κ2) is 5.34.